The fraction of sp³-hybridized carbons (Fsp3) is 0.500. The number of hydrogen-bond acceptors (Lipinski definition) is 3. The molecule has 0 spiro atoms. The SMILES string of the molecule is CCc1c(CC(C)=O)cc(Cl)c2c1OCCCO2. The predicted octanol–water partition coefficient (Wildman–Crippen LogP) is 3.20. The molecule has 0 saturated heterocycles. The first kappa shape index (κ1) is 13.2. The summed E-state index contributed by atoms with van der Waals surface area (Å²) in [5, 5.41) is 0.528. The number of halogens is 1. The van der Waals surface area contributed by atoms with Crippen molar-refractivity contribution >= 4 is 17.4 Å². The Kier molecular flexibility index (Phi) is 4.12. The number of carbonyl (C=O) groups is 1. The molecule has 18 heavy (non-hydrogen) atoms. The van der Waals surface area contributed by atoms with E-state index in [2.05, 4.69) is 0 Å². The minimum atomic E-state index is 0.121. The first-order valence-electron chi connectivity index (χ1n) is 6.22. The van der Waals surface area contributed by atoms with Crippen molar-refractivity contribution < 1.29 is 14.3 Å². The normalized spacial score (nSPS) is 14.2. The van der Waals surface area contributed by atoms with E-state index in [0.29, 0.717) is 30.4 Å². The van der Waals surface area contributed by atoms with Crippen LogP contribution in [0.5, 0.6) is 11.5 Å². The van der Waals surface area contributed by atoms with Gasteiger partial charge in [0.25, 0.3) is 0 Å². The maximum atomic E-state index is 11.3. The van der Waals surface area contributed by atoms with Gasteiger partial charge in [0.2, 0.25) is 0 Å². The summed E-state index contributed by atoms with van der Waals surface area (Å²) in [6.07, 6.45) is 2.03. The second-order valence-electron chi connectivity index (χ2n) is 4.44. The molecule has 0 aliphatic carbocycles. The van der Waals surface area contributed by atoms with E-state index in [0.717, 1.165) is 29.7 Å². The highest BCUT2D eigenvalue weighted by atomic mass is 35.5. The molecule has 3 nitrogen and oxygen atoms in total. The number of benzene rings is 1. The van der Waals surface area contributed by atoms with Gasteiger partial charge in [-0.05, 0) is 25.0 Å². The lowest BCUT2D eigenvalue weighted by Crippen LogP contribution is -2.05. The van der Waals surface area contributed by atoms with Crippen LogP contribution in [0.25, 0.3) is 0 Å². The average Bonchev–Trinajstić information content (AvgIpc) is 2.54. The molecule has 0 N–H and O–H groups in total. The van der Waals surface area contributed by atoms with Crippen molar-refractivity contribution in [2.24, 2.45) is 0 Å². The third-order valence-electron chi connectivity index (χ3n) is 2.96. The Morgan fingerprint density at radius 1 is 1.33 bits per heavy atom. The highest BCUT2D eigenvalue weighted by molar-refractivity contribution is 6.32. The van der Waals surface area contributed by atoms with Crippen molar-refractivity contribution in [2.45, 2.75) is 33.1 Å². The monoisotopic (exact) mass is 268 g/mol. The molecule has 1 aliphatic heterocycles. The Morgan fingerprint density at radius 3 is 2.61 bits per heavy atom. The Balaban J connectivity index is 2.53. The van der Waals surface area contributed by atoms with Crippen LogP contribution in [0, 0.1) is 0 Å². The average molecular weight is 269 g/mol. The van der Waals surface area contributed by atoms with Crippen LogP contribution in [0.1, 0.15) is 31.4 Å². The Morgan fingerprint density at radius 2 is 2.00 bits per heavy atom. The summed E-state index contributed by atoms with van der Waals surface area (Å²) >= 11 is 6.22. The third kappa shape index (κ3) is 2.61. The van der Waals surface area contributed by atoms with Gasteiger partial charge in [-0.2, -0.15) is 0 Å². The number of hydrogen-bond donors (Lipinski definition) is 0. The van der Waals surface area contributed by atoms with E-state index in [1.165, 1.54) is 0 Å². The van der Waals surface area contributed by atoms with Gasteiger partial charge in [-0.1, -0.05) is 18.5 Å². The fourth-order valence-corrected chi connectivity index (χ4v) is 2.48. The van der Waals surface area contributed by atoms with Crippen LogP contribution in [0.4, 0.5) is 0 Å². The molecule has 0 atom stereocenters. The minimum Gasteiger partial charge on any atom is -0.489 e. The lowest BCUT2D eigenvalue weighted by Gasteiger charge is -2.16. The molecule has 0 fully saturated rings. The molecule has 0 aromatic heterocycles. The number of rotatable bonds is 3. The van der Waals surface area contributed by atoms with Crippen LogP contribution in [-0.4, -0.2) is 19.0 Å². The Labute approximate surface area is 112 Å². The zero-order valence-corrected chi connectivity index (χ0v) is 11.5. The van der Waals surface area contributed by atoms with E-state index in [1.807, 2.05) is 13.0 Å². The van der Waals surface area contributed by atoms with Crippen molar-refractivity contribution in [1.29, 1.82) is 0 Å². The van der Waals surface area contributed by atoms with Gasteiger partial charge in [-0.15, -0.1) is 0 Å². The van der Waals surface area contributed by atoms with Crippen molar-refractivity contribution in [3.05, 3.63) is 22.2 Å². The van der Waals surface area contributed by atoms with Crippen molar-refractivity contribution in [1.82, 2.24) is 0 Å². The number of ketones is 1. The summed E-state index contributed by atoms with van der Waals surface area (Å²) in [7, 11) is 0. The quantitative estimate of drug-likeness (QED) is 0.845. The van der Waals surface area contributed by atoms with E-state index >= 15 is 0 Å². The van der Waals surface area contributed by atoms with Gasteiger partial charge in [-0.25, -0.2) is 0 Å². The van der Waals surface area contributed by atoms with Crippen LogP contribution in [0.3, 0.4) is 0 Å². The Hall–Kier alpha value is -1.22. The molecular formula is C14H17ClO3. The van der Waals surface area contributed by atoms with Crippen LogP contribution < -0.4 is 9.47 Å². The smallest absolute Gasteiger partial charge is 0.180 e. The number of fused-ring (bicyclic) bond motifs is 1. The molecule has 1 aromatic rings. The summed E-state index contributed by atoms with van der Waals surface area (Å²) in [5.41, 5.74) is 1.98. The van der Waals surface area contributed by atoms with Gasteiger partial charge in [0.1, 0.15) is 5.78 Å². The molecule has 1 aromatic carbocycles. The van der Waals surface area contributed by atoms with Crippen molar-refractivity contribution in [3.8, 4) is 11.5 Å². The predicted molar refractivity (Wildman–Crippen MR) is 70.8 cm³/mol. The molecular weight excluding hydrogens is 252 g/mol. The summed E-state index contributed by atoms with van der Waals surface area (Å²) in [6, 6.07) is 1.83. The molecule has 0 unspecified atom stereocenters. The molecule has 1 aliphatic rings. The highest BCUT2D eigenvalue weighted by Gasteiger charge is 2.21. The first-order valence-corrected chi connectivity index (χ1v) is 6.60. The lowest BCUT2D eigenvalue weighted by molar-refractivity contribution is -0.116. The number of ether oxygens (including phenoxy) is 2. The van der Waals surface area contributed by atoms with Crippen LogP contribution >= 0.6 is 11.6 Å². The van der Waals surface area contributed by atoms with Crippen molar-refractivity contribution in [3.63, 3.8) is 0 Å². The maximum absolute atomic E-state index is 11.3. The second kappa shape index (κ2) is 5.61. The van der Waals surface area contributed by atoms with E-state index in [-0.39, 0.29) is 5.78 Å². The van der Waals surface area contributed by atoms with Gasteiger partial charge in [0.05, 0.1) is 18.2 Å². The molecule has 0 saturated carbocycles. The summed E-state index contributed by atoms with van der Waals surface area (Å²) in [6.45, 7) is 4.86. The molecule has 0 radical (unpaired) electrons. The standard InChI is InChI=1S/C14H17ClO3/c1-3-11-10(7-9(2)16)8-12(15)14-13(11)17-5-4-6-18-14/h8H,3-7H2,1-2H3. The van der Waals surface area contributed by atoms with Gasteiger partial charge < -0.3 is 9.47 Å². The zero-order valence-electron chi connectivity index (χ0n) is 10.7. The van der Waals surface area contributed by atoms with Gasteiger partial charge in [-0.3, -0.25) is 4.79 Å². The third-order valence-corrected chi connectivity index (χ3v) is 3.24. The molecule has 98 valence electrons. The molecule has 2 rings (SSSR count). The van der Waals surface area contributed by atoms with Crippen molar-refractivity contribution in [2.75, 3.05) is 13.2 Å². The summed E-state index contributed by atoms with van der Waals surface area (Å²) < 4.78 is 11.4. The molecule has 0 bridgehead atoms. The van der Waals surface area contributed by atoms with E-state index in [1.54, 1.807) is 6.92 Å². The van der Waals surface area contributed by atoms with Crippen LogP contribution in [-0.2, 0) is 17.6 Å². The van der Waals surface area contributed by atoms with Gasteiger partial charge in [0.15, 0.2) is 11.5 Å². The van der Waals surface area contributed by atoms with Gasteiger partial charge >= 0.3 is 0 Å². The van der Waals surface area contributed by atoms with Gasteiger partial charge in [0, 0.05) is 18.4 Å². The highest BCUT2D eigenvalue weighted by Crippen LogP contribution is 2.42. The number of Topliss-reactive ketones (excluding diaryl/α,β-unsaturated/α-hetero) is 1. The van der Waals surface area contributed by atoms with E-state index in [4.69, 9.17) is 21.1 Å². The largest absolute Gasteiger partial charge is 0.489 e. The minimum absolute atomic E-state index is 0.121. The maximum Gasteiger partial charge on any atom is 0.180 e. The van der Waals surface area contributed by atoms with Crippen LogP contribution in [0.2, 0.25) is 5.02 Å². The topological polar surface area (TPSA) is 35.5 Å². The summed E-state index contributed by atoms with van der Waals surface area (Å²) in [5.74, 6) is 1.47. The molecule has 0 amide bonds. The second-order valence-corrected chi connectivity index (χ2v) is 4.84. The van der Waals surface area contributed by atoms with E-state index < -0.39 is 0 Å². The first-order chi connectivity index (χ1) is 8.63. The lowest BCUT2D eigenvalue weighted by atomic mass is 9.99. The molecule has 4 heteroatoms. The molecule has 1 heterocycles. The zero-order chi connectivity index (χ0) is 13.1. The number of carbonyl (C=O) groups excluding carboxylic acids is 1. The Bertz CT molecular complexity index is 469. The fourth-order valence-electron chi connectivity index (χ4n) is 2.21. The van der Waals surface area contributed by atoms with Crippen LogP contribution in [0.15, 0.2) is 6.07 Å². The van der Waals surface area contributed by atoms with E-state index in [9.17, 15) is 4.79 Å². The summed E-state index contributed by atoms with van der Waals surface area (Å²) in [4.78, 5) is 11.3.